The van der Waals surface area contributed by atoms with E-state index in [1.54, 1.807) is 0 Å². The van der Waals surface area contributed by atoms with Crippen LogP contribution in [0, 0.1) is 0 Å². The zero-order valence-corrected chi connectivity index (χ0v) is 8.81. The van der Waals surface area contributed by atoms with Crippen molar-refractivity contribution in [2.45, 2.75) is 57.5 Å². The van der Waals surface area contributed by atoms with Crippen molar-refractivity contribution in [3.63, 3.8) is 0 Å². The van der Waals surface area contributed by atoms with Crippen molar-refractivity contribution in [1.82, 2.24) is 5.32 Å². The third-order valence-electron chi connectivity index (χ3n) is 3.13. The predicted molar refractivity (Wildman–Crippen MR) is 53.3 cm³/mol. The van der Waals surface area contributed by atoms with Gasteiger partial charge < -0.3 is 11.1 Å². The summed E-state index contributed by atoms with van der Waals surface area (Å²) in [6.07, 6.45) is 3.57. The van der Waals surface area contributed by atoms with Crippen LogP contribution >= 0.6 is 0 Å². The van der Waals surface area contributed by atoms with Gasteiger partial charge in [-0.2, -0.15) is 0 Å². The number of carbonyl (C=O) groups is 1. The van der Waals surface area contributed by atoms with Crippen LogP contribution in [0.1, 0.15) is 46.5 Å². The Labute approximate surface area is 80.1 Å². The molecule has 0 radical (unpaired) electrons. The Morgan fingerprint density at radius 1 is 1.46 bits per heavy atom. The molecule has 3 heteroatoms. The molecule has 0 bridgehead atoms. The summed E-state index contributed by atoms with van der Waals surface area (Å²) >= 11 is 0. The molecule has 0 aromatic carbocycles. The van der Waals surface area contributed by atoms with E-state index in [1.165, 1.54) is 0 Å². The average molecular weight is 184 g/mol. The summed E-state index contributed by atoms with van der Waals surface area (Å²) < 4.78 is 0. The molecule has 13 heavy (non-hydrogen) atoms. The summed E-state index contributed by atoms with van der Waals surface area (Å²) in [7, 11) is 0. The normalized spacial score (nSPS) is 19.7. The number of amides is 1. The molecular weight excluding hydrogens is 164 g/mol. The topological polar surface area (TPSA) is 55.1 Å². The van der Waals surface area contributed by atoms with E-state index in [0.717, 1.165) is 12.8 Å². The van der Waals surface area contributed by atoms with E-state index in [1.807, 2.05) is 13.8 Å². The van der Waals surface area contributed by atoms with E-state index in [9.17, 15) is 4.79 Å². The highest BCUT2D eigenvalue weighted by atomic mass is 16.2. The van der Waals surface area contributed by atoms with E-state index in [-0.39, 0.29) is 11.4 Å². The lowest BCUT2D eigenvalue weighted by molar-refractivity contribution is -0.127. The third-order valence-corrected chi connectivity index (χ3v) is 3.13. The Morgan fingerprint density at radius 2 is 1.92 bits per heavy atom. The van der Waals surface area contributed by atoms with Crippen molar-refractivity contribution in [2.75, 3.05) is 0 Å². The van der Waals surface area contributed by atoms with Crippen LogP contribution in [0.15, 0.2) is 0 Å². The minimum absolute atomic E-state index is 0.0116. The van der Waals surface area contributed by atoms with E-state index < -0.39 is 5.54 Å². The molecule has 76 valence electrons. The number of nitrogens with two attached hydrogens (primary N) is 1. The first-order valence-corrected chi connectivity index (χ1v) is 5.07. The van der Waals surface area contributed by atoms with Gasteiger partial charge in [0.2, 0.25) is 5.91 Å². The molecule has 0 spiro atoms. The van der Waals surface area contributed by atoms with Gasteiger partial charge in [-0.15, -0.1) is 0 Å². The van der Waals surface area contributed by atoms with Crippen LogP contribution in [0.25, 0.3) is 0 Å². The average Bonchev–Trinajstić information content (AvgIpc) is 2.81. The first-order chi connectivity index (χ1) is 5.96. The monoisotopic (exact) mass is 184 g/mol. The van der Waals surface area contributed by atoms with Crippen LogP contribution in [0.5, 0.6) is 0 Å². The van der Waals surface area contributed by atoms with Crippen molar-refractivity contribution in [3.8, 4) is 0 Å². The molecule has 1 saturated carbocycles. The number of hydrogen-bond donors (Lipinski definition) is 2. The number of hydrogen-bond acceptors (Lipinski definition) is 2. The third kappa shape index (κ3) is 2.21. The first kappa shape index (κ1) is 10.5. The Bertz CT molecular complexity index is 205. The summed E-state index contributed by atoms with van der Waals surface area (Å²) in [4.78, 5) is 11.7. The van der Waals surface area contributed by atoms with Crippen molar-refractivity contribution in [1.29, 1.82) is 0 Å². The van der Waals surface area contributed by atoms with E-state index in [2.05, 4.69) is 12.2 Å². The summed E-state index contributed by atoms with van der Waals surface area (Å²) in [5.41, 5.74) is 5.35. The number of carbonyl (C=O) groups excluding carboxylic acids is 1. The van der Waals surface area contributed by atoms with Gasteiger partial charge in [-0.25, -0.2) is 0 Å². The summed E-state index contributed by atoms with van der Waals surface area (Å²) in [5, 5.41) is 3.01. The quantitative estimate of drug-likeness (QED) is 0.689. The molecule has 3 nitrogen and oxygen atoms in total. The van der Waals surface area contributed by atoms with Crippen molar-refractivity contribution in [3.05, 3.63) is 0 Å². The molecule has 1 aliphatic rings. The van der Waals surface area contributed by atoms with Crippen LogP contribution < -0.4 is 11.1 Å². The zero-order valence-electron chi connectivity index (χ0n) is 8.81. The maximum atomic E-state index is 11.7. The van der Waals surface area contributed by atoms with E-state index in [4.69, 9.17) is 5.73 Å². The van der Waals surface area contributed by atoms with Gasteiger partial charge in [0.25, 0.3) is 0 Å². The van der Waals surface area contributed by atoms with Crippen molar-refractivity contribution < 1.29 is 4.79 Å². The van der Waals surface area contributed by atoms with Gasteiger partial charge in [0.15, 0.2) is 0 Å². The lowest BCUT2D eigenvalue weighted by Crippen LogP contribution is -2.55. The van der Waals surface area contributed by atoms with Crippen LogP contribution in [0.2, 0.25) is 0 Å². The highest BCUT2D eigenvalue weighted by Gasteiger charge is 2.42. The first-order valence-electron chi connectivity index (χ1n) is 5.07. The molecule has 0 aliphatic heterocycles. The molecule has 0 unspecified atom stereocenters. The fraction of sp³-hybridized carbons (Fsp3) is 0.900. The maximum absolute atomic E-state index is 11.7. The molecule has 0 atom stereocenters. The standard InChI is InChI=1S/C10H20N2O/c1-4-10(11,5-2)8(13)12-9(3)6-7-9/h4-7,11H2,1-3H3,(H,12,13). The lowest BCUT2D eigenvalue weighted by Gasteiger charge is -2.27. The number of nitrogens with one attached hydrogen (secondary N) is 1. The largest absolute Gasteiger partial charge is 0.349 e. The van der Waals surface area contributed by atoms with Gasteiger partial charge in [0, 0.05) is 5.54 Å². The second kappa shape index (κ2) is 3.29. The van der Waals surface area contributed by atoms with E-state index in [0.29, 0.717) is 12.8 Å². The fourth-order valence-corrected chi connectivity index (χ4v) is 1.28. The minimum Gasteiger partial charge on any atom is -0.349 e. The van der Waals surface area contributed by atoms with Crippen LogP contribution in [-0.2, 0) is 4.79 Å². The summed E-state index contributed by atoms with van der Waals surface area (Å²) in [6, 6.07) is 0. The van der Waals surface area contributed by atoms with Gasteiger partial charge in [0.1, 0.15) is 0 Å². The van der Waals surface area contributed by atoms with E-state index >= 15 is 0 Å². The van der Waals surface area contributed by atoms with Gasteiger partial charge in [-0.1, -0.05) is 13.8 Å². The van der Waals surface area contributed by atoms with Gasteiger partial charge in [-0.3, -0.25) is 4.79 Å². The minimum atomic E-state index is -0.661. The Kier molecular flexibility index (Phi) is 2.66. The fourth-order valence-electron chi connectivity index (χ4n) is 1.28. The molecule has 1 fully saturated rings. The second-order valence-electron chi connectivity index (χ2n) is 4.38. The highest BCUT2D eigenvalue weighted by Crippen LogP contribution is 2.34. The molecule has 0 aromatic heterocycles. The van der Waals surface area contributed by atoms with Crippen LogP contribution in [0.4, 0.5) is 0 Å². The maximum Gasteiger partial charge on any atom is 0.240 e. The Balaban J connectivity index is 2.54. The zero-order chi connectivity index (χ0) is 10.1. The van der Waals surface area contributed by atoms with Crippen LogP contribution in [-0.4, -0.2) is 17.0 Å². The lowest BCUT2D eigenvalue weighted by atomic mass is 9.93. The molecule has 3 N–H and O–H groups in total. The van der Waals surface area contributed by atoms with Gasteiger partial charge >= 0.3 is 0 Å². The smallest absolute Gasteiger partial charge is 0.240 e. The number of rotatable bonds is 4. The van der Waals surface area contributed by atoms with Crippen molar-refractivity contribution in [2.24, 2.45) is 5.73 Å². The molecule has 1 amide bonds. The second-order valence-corrected chi connectivity index (χ2v) is 4.38. The van der Waals surface area contributed by atoms with Crippen molar-refractivity contribution >= 4 is 5.91 Å². The molecule has 1 rings (SSSR count). The summed E-state index contributed by atoms with van der Waals surface area (Å²) in [6.45, 7) is 5.98. The molecule has 0 heterocycles. The molecular formula is C10H20N2O. The predicted octanol–water partition coefficient (Wildman–Crippen LogP) is 1.17. The van der Waals surface area contributed by atoms with Gasteiger partial charge in [-0.05, 0) is 32.6 Å². The SMILES string of the molecule is CCC(N)(CC)C(=O)NC1(C)CC1. The molecule has 0 aromatic rings. The Morgan fingerprint density at radius 3 is 2.23 bits per heavy atom. The molecule has 1 aliphatic carbocycles. The van der Waals surface area contributed by atoms with Crippen LogP contribution in [0.3, 0.4) is 0 Å². The van der Waals surface area contributed by atoms with Gasteiger partial charge in [0.05, 0.1) is 5.54 Å². The Hall–Kier alpha value is -0.570. The highest BCUT2D eigenvalue weighted by molar-refractivity contribution is 5.86. The summed E-state index contributed by atoms with van der Waals surface area (Å²) in [5.74, 6) is 0.0116. The molecule has 0 saturated heterocycles.